The molecule has 0 radical (unpaired) electrons. The molecule has 0 heterocycles. The largest absolute Gasteiger partial charge is 0.507 e. The molecular formula is C14H20O7. The van der Waals surface area contributed by atoms with Gasteiger partial charge in [-0.15, -0.1) is 0 Å². The number of carbonyl (C=O) groups is 1. The number of benzene rings is 1. The molecule has 0 saturated carbocycles. The predicted octanol–water partition coefficient (Wildman–Crippen LogP) is 1.15. The summed E-state index contributed by atoms with van der Waals surface area (Å²) in [6.07, 6.45) is 0. The van der Waals surface area contributed by atoms with Crippen molar-refractivity contribution < 1.29 is 34.0 Å². The third-order valence-corrected chi connectivity index (χ3v) is 2.50. The zero-order valence-electron chi connectivity index (χ0n) is 11.9. The Morgan fingerprint density at radius 1 is 1.05 bits per heavy atom. The smallest absolute Gasteiger partial charge is 0.339 e. The number of hydrogen-bond acceptors (Lipinski definition) is 6. The molecule has 0 saturated heterocycles. The molecule has 0 unspecified atom stereocenters. The Balaban J connectivity index is 2.13. The Morgan fingerprint density at radius 3 is 2.24 bits per heavy atom. The highest BCUT2D eigenvalue weighted by Gasteiger charge is 2.09. The van der Waals surface area contributed by atoms with Crippen LogP contribution in [0.2, 0.25) is 0 Å². The van der Waals surface area contributed by atoms with Crippen LogP contribution in [0.4, 0.5) is 0 Å². The third kappa shape index (κ3) is 6.94. The van der Waals surface area contributed by atoms with Crippen molar-refractivity contribution >= 4 is 5.97 Å². The first-order valence-electron chi connectivity index (χ1n) is 6.48. The Morgan fingerprint density at radius 2 is 1.67 bits per heavy atom. The Labute approximate surface area is 123 Å². The molecule has 0 aliphatic rings. The minimum atomic E-state index is -1.18. The number of ether oxygens (including phenoxy) is 4. The lowest BCUT2D eigenvalue weighted by Gasteiger charge is -2.08. The topological polar surface area (TPSA) is 94.5 Å². The maximum atomic E-state index is 10.7. The Hall–Kier alpha value is -1.83. The van der Waals surface area contributed by atoms with Crippen LogP contribution in [-0.4, -0.2) is 62.9 Å². The standard InChI is InChI=1S/C14H20O7/c1-18-4-5-19-6-7-20-8-9-21-11-2-3-12(14(16)17)13(15)10-11/h2-3,10,15H,4-9H2,1H3,(H,16,17). The fourth-order valence-electron chi connectivity index (χ4n) is 1.46. The number of hydrogen-bond donors (Lipinski definition) is 2. The molecule has 0 bridgehead atoms. The van der Waals surface area contributed by atoms with E-state index in [0.29, 0.717) is 45.4 Å². The maximum absolute atomic E-state index is 10.7. The van der Waals surface area contributed by atoms with E-state index in [-0.39, 0.29) is 11.3 Å². The molecule has 1 rings (SSSR count). The van der Waals surface area contributed by atoms with Gasteiger partial charge in [-0.25, -0.2) is 4.79 Å². The molecule has 0 atom stereocenters. The molecule has 7 heteroatoms. The van der Waals surface area contributed by atoms with E-state index < -0.39 is 5.97 Å². The normalized spacial score (nSPS) is 10.5. The van der Waals surface area contributed by atoms with E-state index >= 15 is 0 Å². The lowest BCUT2D eigenvalue weighted by molar-refractivity contribution is 0.0179. The third-order valence-electron chi connectivity index (χ3n) is 2.50. The number of methoxy groups -OCH3 is 1. The van der Waals surface area contributed by atoms with Crippen molar-refractivity contribution in [3.63, 3.8) is 0 Å². The van der Waals surface area contributed by atoms with Gasteiger partial charge >= 0.3 is 5.97 Å². The van der Waals surface area contributed by atoms with Gasteiger partial charge in [0, 0.05) is 13.2 Å². The molecule has 7 nitrogen and oxygen atoms in total. The molecule has 1 aromatic carbocycles. The lowest BCUT2D eigenvalue weighted by atomic mass is 10.2. The number of aromatic carboxylic acids is 1. The van der Waals surface area contributed by atoms with E-state index in [1.807, 2.05) is 0 Å². The maximum Gasteiger partial charge on any atom is 0.339 e. The summed E-state index contributed by atoms with van der Waals surface area (Å²) in [5.41, 5.74) is -0.160. The summed E-state index contributed by atoms with van der Waals surface area (Å²) in [6.45, 7) is 2.69. The highest BCUT2D eigenvalue weighted by Crippen LogP contribution is 2.23. The fourth-order valence-corrected chi connectivity index (χ4v) is 1.46. The van der Waals surface area contributed by atoms with Crippen LogP contribution in [0, 0.1) is 0 Å². The summed E-state index contributed by atoms with van der Waals surface area (Å²) in [6, 6.07) is 4.03. The van der Waals surface area contributed by atoms with Crippen molar-refractivity contribution in [2.45, 2.75) is 0 Å². The predicted molar refractivity (Wildman–Crippen MR) is 74.1 cm³/mol. The number of rotatable bonds is 11. The van der Waals surface area contributed by atoms with Gasteiger partial charge in [0.25, 0.3) is 0 Å². The van der Waals surface area contributed by atoms with Gasteiger partial charge in [0.2, 0.25) is 0 Å². The number of aromatic hydroxyl groups is 1. The summed E-state index contributed by atoms with van der Waals surface area (Å²) in [5.74, 6) is -1.12. The zero-order valence-corrected chi connectivity index (χ0v) is 11.9. The first-order valence-corrected chi connectivity index (χ1v) is 6.48. The molecule has 0 amide bonds. The van der Waals surface area contributed by atoms with Crippen molar-refractivity contribution in [2.24, 2.45) is 0 Å². The van der Waals surface area contributed by atoms with Crippen LogP contribution in [-0.2, 0) is 14.2 Å². The van der Waals surface area contributed by atoms with Gasteiger partial charge in [-0.05, 0) is 12.1 Å². The van der Waals surface area contributed by atoms with Crippen molar-refractivity contribution in [1.29, 1.82) is 0 Å². The van der Waals surface area contributed by atoms with Gasteiger partial charge in [-0.3, -0.25) is 0 Å². The van der Waals surface area contributed by atoms with Crippen LogP contribution in [0.1, 0.15) is 10.4 Å². The minimum Gasteiger partial charge on any atom is -0.507 e. The average molecular weight is 300 g/mol. The van der Waals surface area contributed by atoms with E-state index in [9.17, 15) is 9.90 Å². The monoisotopic (exact) mass is 300 g/mol. The summed E-state index contributed by atoms with van der Waals surface area (Å²) in [7, 11) is 1.61. The zero-order chi connectivity index (χ0) is 15.5. The fraction of sp³-hybridized carbons (Fsp3) is 0.500. The Kier molecular flexibility index (Phi) is 8.18. The summed E-state index contributed by atoms with van der Waals surface area (Å²) in [4.78, 5) is 10.7. The summed E-state index contributed by atoms with van der Waals surface area (Å²) >= 11 is 0. The SMILES string of the molecule is COCCOCCOCCOc1ccc(C(=O)O)c(O)c1. The number of phenols is 1. The molecular weight excluding hydrogens is 280 g/mol. The molecule has 21 heavy (non-hydrogen) atoms. The molecule has 0 aliphatic carbocycles. The van der Waals surface area contributed by atoms with Crippen LogP contribution in [0.3, 0.4) is 0 Å². The Bertz CT molecular complexity index is 433. The molecule has 0 aliphatic heterocycles. The van der Waals surface area contributed by atoms with E-state index in [4.69, 9.17) is 24.1 Å². The molecule has 0 spiro atoms. The molecule has 0 fully saturated rings. The average Bonchev–Trinajstić information content (AvgIpc) is 2.45. The minimum absolute atomic E-state index is 0.160. The van der Waals surface area contributed by atoms with Crippen molar-refractivity contribution in [3.05, 3.63) is 23.8 Å². The van der Waals surface area contributed by atoms with E-state index in [1.165, 1.54) is 18.2 Å². The molecule has 2 N–H and O–H groups in total. The van der Waals surface area contributed by atoms with Gasteiger partial charge < -0.3 is 29.2 Å². The van der Waals surface area contributed by atoms with Crippen LogP contribution in [0.15, 0.2) is 18.2 Å². The van der Waals surface area contributed by atoms with Crippen molar-refractivity contribution in [1.82, 2.24) is 0 Å². The second kappa shape index (κ2) is 9.98. The van der Waals surface area contributed by atoms with Crippen molar-refractivity contribution in [3.8, 4) is 11.5 Å². The first kappa shape index (κ1) is 17.2. The van der Waals surface area contributed by atoms with Gasteiger partial charge in [-0.2, -0.15) is 0 Å². The number of carboxylic acids is 1. The van der Waals surface area contributed by atoms with Gasteiger partial charge in [-0.1, -0.05) is 0 Å². The van der Waals surface area contributed by atoms with Gasteiger partial charge in [0.1, 0.15) is 23.7 Å². The molecule has 0 aromatic heterocycles. The van der Waals surface area contributed by atoms with Gasteiger partial charge in [0.15, 0.2) is 0 Å². The summed E-state index contributed by atoms with van der Waals surface area (Å²) < 4.78 is 20.6. The van der Waals surface area contributed by atoms with Gasteiger partial charge in [0.05, 0.1) is 33.0 Å². The summed E-state index contributed by atoms with van der Waals surface area (Å²) in [5, 5.41) is 18.3. The molecule has 1 aromatic rings. The quantitative estimate of drug-likeness (QED) is 0.592. The van der Waals surface area contributed by atoms with Crippen LogP contribution in [0.5, 0.6) is 11.5 Å². The van der Waals surface area contributed by atoms with E-state index in [1.54, 1.807) is 7.11 Å². The highest BCUT2D eigenvalue weighted by molar-refractivity contribution is 5.90. The number of carboxylic acid groups (broad SMARTS) is 1. The van der Waals surface area contributed by atoms with Crippen molar-refractivity contribution in [2.75, 3.05) is 46.8 Å². The van der Waals surface area contributed by atoms with Crippen LogP contribution < -0.4 is 4.74 Å². The van der Waals surface area contributed by atoms with Crippen LogP contribution >= 0.6 is 0 Å². The van der Waals surface area contributed by atoms with Crippen LogP contribution in [0.25, 0.3) is 0 Å². The highest BCUT2D eigenvalue weighted by atomic mass is 16.6. The molecule has 118 valence electrons. The lowest BCUT2D eigenvalue weighted by Crippen LogP contribution is -2.12. The van der Waals surface area contributed by atoms with E-state index in [2.05, 4.69) is 0 Å². The first-order chi connectivity index (χ1) is 10.1. The second-order valence-corrected chi connectivity index (χ2v) is 4.05. The second-order valence-electron chi connectivity index (χ2n) is 4.05. The van der Waals surface area contributed by atoms with E-state index in [0.717, 1.165) is 0 Å².